The lowest BCUT2D eigenvalue weighted by atomic mass is 10.8. The molecule has 6 heavy (non-hydrogen) atoms. The topological polar surface area (TPSA) is 0 Å². The number of rotatable bonds is 0. The molecule has 0 aromatic rings. The molecule has 0 aromatic heterocycles. The first kappa shape index (κ1) is 10.4. The van der Waals surface area contributed by atoms with Crippen molar-refractivity contribution >= 4 is 58.0 Å². The van der Waals surface area contributed by atoms with Gasteiger partial charge < -0.3 is 0 Å². The van der Waals surface area contributed by atoms with Crippen LogP contribution in [0.15, 0.2) is 0 Å². The summed E-state index contributed by atoms with van der Waals surface area (Å²) in [6.07, 6.45) is 0. The zero-order chi connectivity index (χ0) is 4.50. The van der Waals surface area contributed by atoms with Crippen molar-refractivity contribution in [2.24, 2.45) is 0 Å². The van der Waals surface area contributed by atoms with Crippen LogP contribution in [0.4, 0.5) is 0 Å². The molecule has 0 unspecified atom stereocenters. The smallest absolute Gasteiger partial charge is 0.110 e. The van der Waals surface area contributed by atoms with E-state index in [1.807, 2.05) is 0 Å². The van der Waals surface area contributed by atoms with Gasteiger partial charge >= 0.3 is 5.31 Å². The minimum atomic E-state index is -2.72. The average Bonchev–Trinajstić information content (AvgIpc) is 0.722. The SMILES string of the molecule is B.Cl[Si](Cl)(Cl)Cl. The van der Waals surface area contributed by atoms with Crippen LogP contribution in [0.3, 0.4) is 0 Å². The molecule has 0 aromatic carbocycles. The highest BCUT2D eigenvalue weighted by atomic mass is 36.0. The fraction of sp³-hybridized carbons (Fsp3) is 0. The molecule has 0 bridgehead atoms. The molecule has 0 radical (unpaired) electrons. The molecule has 0 saturated heterocycles. The Morgan fingerprint density at radius 3 is 0.833 bits per heavy atom. The van der Waals surface area contributed by atoms with Gasteiger partial charge in [-0.05, 0) is 0 Å². The van der Waals surface area contributed by atoms with Crippen molar-refractivity contribution in [3.8, 4) is 0 Å². The van der Waals surface area contributed by atoms with E-state index in [0.29, 0.717) is 0 Å². The molecule has 0 nitrogen and oxygen atoms in total. The maximum atomic E-state index is 4.97. The molecule has 38 valence electrons. The van der Waals surface area contributed by atoms with Crippen LogP contribution >= 0.6 is 44.3 Å². The lowest BCUT2D eigenvalue weighted by Gasteiger charge is -1.85. The molecule has 0 rings (SSSR count). The summed E-state index contributed by atoms with van der Waals surface area (Å²) in [5.74, 6) is 0. The quantitative estimate of drug-likeness (QED) is 0.391. The molecule has 0 N–H and O–H groups in total. The second kappa shape index (κ2) is 3.44. The summed E-state index contributed by atoms with van der Waals surface area (Å²) in [6, 6.07) is 0. The van der Waals surface area contributed by atoms with Gasteiger partial charge in [-0.3, -0.25) is 0 Å². The Bertz CT molecular complexity index is 23.0. The molecule has 0 aliphatic carbocycles. The van der Waals surface area contributed by atoms with Gasteiger partial charge in [0.25, 0.3) is 0 Å². The average molecular weight is 184 g/mol. The van der Waals surface area contributed by atoms with E-state index in [4.69, 9.17) is 44.3 Å². The second-order valence-corrected chi connectivity index (χ2v) is 11.6. The first-order valence-electron chi connectivity index (χ1n) is 0.756. The van der Waals surface area contributed by atoms with E-state index >= 15 is 0 Å². The van der Waals surface area contributed by atoms with Crippen LogP contribution in [0.1, 0.15) is 0 Å². The molecule has 0 amide bonds. The van der Waals surface area contributed by atoms with E-state index in [1.165, 1.54) is 0 Å². The maximum Gasteiger partial charge on any atom is 0.440 e. The Labute approximate surface area is 58.1 Å². The van der Waals surface area contributed by atoms with Crippen LogP contribution in [0.2, 0.25) is 0 Å². The van der Waals surface area contributed by atoms with E-state index in [-0.39, 0.29) is 8.41 Å². The number of hydrogen-bond acceptors (Lipinski definition) is 0. The third-order valence-corrected chi connectivity index (χ3v) is 0. The van der Waals surface area contributed by atoms with Crippen LogP contribution in [-0.4, -0.2) is 13.7 Å². The predicted octanol–water partition coefficient (Wildman–Crippen LogP) is 1.19. The van der Waals surface area contributed by atoms with Crippen molar-refractivity contribution in [1.82, 2.24) is 0 Å². The molecule has 0 fully saturated rings. The minimum absolute atomic E-state index is 0. The van der Waals surface area contributed by atoms with Crippen molar-refractivity contribution in [3.63, 3.8) is 0 Å². The van der Waals surface area contributed by atoms with Crippen molar-refractivity contribution in [3.05, 3.63) is 0 Å². The lowest BCUT2D eigenvalue weighted by molar-refractivity contribution is 3.80. The predicted molar refractivity (Wildman–Crippen MR) is 39.1 cm³/mol. The molecular weight excluding hydrogens is 181 g/mol. The highest BCUT2D eigenvalue weighted by Gasteiger charge is 2.19. The lowest BCUT2D eigenvalue weighted by Crippen LogP contribution is -1.91. The summed E-state index contributed by atoms with van der Waals surface area (Å²) >= 11 is 19.9. The van der Waals surface area contributed by atoms with Gasteiger partial charge in [-0.15, -0.1) is 44.3 Å². The van der Waals surface area contributed by atoms with Gasteiger partial charge in [0.2, 0.25) is 0 Å². The number of halogens is 4. The molecule has 0 spiro atoms. The fourth-order valence-corrected chi connectivity index (χ4v) is 0. The summed E-state index contributed by atoms with van der Waals surface area (Å²) in [5, 5.41) is -2.72. The summed E-state index contributed by atoms with van der Waals surface area (Å²) in [7, 11) is 0. The zero-order valence-corrected chi connectivity index (χ0v) is 6.04. The summed E-state index contributed by atoms with van der Waals surface area (Å²) in [4.78, 5) is 0. The molecule has 0 heterocycles. The summed E-state index contributed by atoms with van der Waals surface area (Å²) in [6.45, 7) is 0. The van der Waals surface area contributed by atoms with Crippen LogP contribution in [-0.2, 0) is 0 Å². The van der Waals surface area contributed by atoms with E-state index in [0.717, 1.165) is 0 Å². The summed E-state index contributed by atoms with van der Waals surface area (Å²) < 4.78 is 0. The van der Waals surface area contributed by atoms with Gasteiger partial charge in [-0.2, -0.15) is 0 Å². The van der Waals surface area contributed by atoms with Gasteiger partial charge in [0.15, 0.2) is 0 Å². The second-order valence-electron chi connectivity index (χ2n) is 0.429. The van der Waals surface area contributed by atoms with Crippen molar-refractivity contribution in [2.75, 3.05) is 0 Å². The Morgan fingerprint density at radius 1 is 0.833 bits per heavy atom. The van der Waals surface area contributed by atoms with Gasteiger partial charge in [-0.25, -0.2) is 0 Å². The first-order chi connectivity index (χ1) is 2.00. The maximum absolute atomic E-state index is 4.97. The van der Waals surface area contributed by atoms with Crippen molar-refractivity contribution < 1.29 is 0 Å². The monoisotopic (exact) mass is 182 g/mol. The Hall–Kier alpha value is 1.44. The van der Waals surface area contributed by atoms with E-state index in [9.17, 15) is 0 Å². The molecular formula is H3BCl4Si. The third kappa shape index (κ3) is 51.6. The first-order valence-corrected chi connectivity index (χ1v) is 6.80. The Kier molecular flexibility index (Phi) is 5.99. The largest absolute Gasteiger partial charge is 0.440 e. The molecule has 0 aliphatic heterocycles. The third-order valence-electron chi connectivity index (χ3n) is 0. The highest BCUT2D eigenvalue weighted by Crippen LogP contribution is 2.23. The Morgan fingerprint density at radius 2 is 0.833 bits per heavy atom. The standard InChI is InChI=1S/BH3.Cl4Si/c;1-5(2,3)4/h1H3;. The van der Waals surface area contributed by atoms with Crippen LogP contribution in [0, 0.1) is 0 Å². The molecule has 0 aliphatic rings. The van der Waals surface area contributed by atoms with Crippen molar-refractivity contribution in [2.45, 2.75) is 0 Å². The number of hydrogen-bond donors (Lipinski definition) is 0. The highest BCUT2D eigenvalue weighted by molar-refractivity contribution is 7.81. The molecule has 6 heteroatoms. The van der Waals surface area contributed by atoms with E-state index in [2.05, 4.69) is 0 Å². The molecule has 0 atom stereocenters. The van der Waals surface area contributed by atoms with Crippen LogP contribution in [0.5, 0.6) is 0 Å². The normalized spacial score (nSPS) is 10.0. The van der Waals surface area contributed by atoms with Gasteiger partial charge in [0.05, 0.1) is 8.41 Å². The zero-order valence-electron chi connectivity index (χ0n) is 2.01. The van der Waals surface area contributed by atoms with E-state index in [1.54, 1.807) is 0 Å². The van der Waals surface area contributed by atoms with Gasteiger partial charge in [0.1, 0.15) is 0 Å². The molecule has 0 saturated carbocycles. The van der Waals surface area contributed by atoms with Crippen LogP contribution in [0.25, 0.3) is 0 Å². The van der Waals surface area contributed by atoms with E-state index < -0.39 is 5.31 Å². The van der Waals surface area contributed by atoms with Crippen LogP contribution < -0.4 is 0 Å². The fourth-order valence-electron chi connectivity index (χ4n) is 0. The van der Waals surface area contributed by atoms with Crippen molar-refractivity contribution in [1.29, 1.82) is 0 Å². The van der Waals surface area contributed by atoms with Gasteiger partial charge in [-0.1, -0.05) is 0 Å². The summed E-state index contributed by atoms with van der Waals surface area (Å²) in [5.41, 5.74) is 0. The Balaban J connectivity index is 0. The minimum Gasteiger partial charge on any atom is -0.110 e. The van der Waals surface area contributed by atoms with Gasteiger partial charge in [0, 0.05) is 0 Å².